The van der Waals surface area contributed by atoms with Crippen LogP contribution in [0.1, 0.15) is 105 Å². The number of halogens is 1. The first kappa shape index (κ1) is 39.7. The average Bonchev–Trinajstić information content (AvgIpc) is 3.31. The number of urea groups is 1. The number of alkyl halides is 1. The summed E-state index contributed by atoms with van der Waals surface area (Å²) < 4.78 is 11.7. The first-order valence-electron chi connectivity index (χ1n) is 17.5. The highest BCUT2D eigenvalue weighted by Crippen LogP contribution is 2.39. The number of Topliss-reactive ketones (excluding diaryl/α,β-unsaturated/α-hetero) is 1. The molecule has 268 valence electrons. The van der Waals surface area contributed by atoms with Crippen molar-refractivity contribution in [2.75, 3.05) is 11.5 Å². The Morgan fingerprint density at radius 2 is 1.41 bits per heavy atom. The molecule has 2 aromatic rings. The molecule has 0 radical (unpaired) electrons. The van der Waals surface area contributed by atoms with Gasteiger partial charge >= 0.3 is 12.1 Å². The summed E-state index contributed by atoms with van der Waals surface area (Å²) in [4.78, 5) is 71.1. The fourth-order valence-corrected chi connectivity index (χ4v) is 6.31. The van der Waals surface area contributed by atoms with Gasteiger partial charge in [0.25, 0.3) is 16.8 Å². The maximum atomic E-state index is 14.9. The van der Waals surface area contributed by atoms with Crippen LogP contribution in [0, 0.1) is 5.41 Å². The number of ketones is 1. The Hall–Kier alpha value is -3.76. The minimum atomic E-state index is -2.96. The molecule has 0 bridgehead atoms. The second-order valence-corrected chi connectivity index (χ2v) is 14.0. The molecule has 11 heteroatoms. The number of amides is 5. The van der Waals surface area contributed by atoms with Gasteiger partial charge in [-0.05, 0) is 43.9 Å². The van der Waals surface area contributed by atoms with Crippen LogP contribution in [0.2, 0.25) is 0 Å². The van der Waals surface area contributed by atoms with Gasteiger partial charge in [0.2, 0.25) is 6.23 Å². The number of anilines is 1. The molecular formula is C38H52ClN3O7. The highest BCUT2D eigenvalue weighted by molar-refractivity contribution is 6.51. The zero-order valence-corrected chi connectivity index (χ0v) is 30.5. The Morgan fingerprint density at radius 1 is 0.837 bits per heavy atom. The van der Waals surface area contributed by atoms with Crippen LogP contribution in [-0.2, 0) is 30.4 Å². The summed E-state index contributed by atoms with van der Waals surface area (Å²) in [5.74, 6) is -3.23. The fraction of sp³-hybridized carbons (Fsp3) is 0.553. The van der Waals surface area contributed by atoms with Gasteiger partial charge in [0.15, 0.2) is 5.78 Å². The molecule has 1 heterocycles. The lowest BCUT2D eigenvalue weighted by atomic mass is 9.84. The third kappa shape index (κ3) is 9.69. The molecule has 2 aromatic carbocycles. The molecule has 0 aromatic heterocycles. The molecule has 10 nitrogen and oxygen atoms in total. The van der Waals surface area contributed by atoms with Crippen molar-refractivity contribution in [3.05, 3.63) is 66.2 Å². The maximum Gasteiger partial charge on any atom is 0.421 e. The quantitative estimate of drug-likeness (QED) is 0.0505. The maximum absolute atomic E-state index is 14.9. The summed E-state index contributed by atoms with van der Waals surface area (Å²) >= 11 is 7.15. The van der Waals surface area contributed by atoms with Crippen molar-refractivity contribution in [3.8, 4) is 0 Å². The van der Waals surface area contributed by atoms with Crippen LogP contribution in [0.3, 0.4) is 0 Å². The molecule has 49 heavy (non-hydrogen) atoms. The van der Waals surface area contributed by atoms with E-state index in [1.807, 2.05) is 13.0 Å². The topological polar surface area (TPSA) is 114 Å². The van der Waals surface area contributed by atoms with Gasteiger partial charge in [0.1, 0.15) is 6.10 Å². The first-order valence-corrected chi connectivity index (χ1v) is 17.8. The van der Waals surface area contributed by atoms with Gasteiger partial charge in [-0.2, -0.15) is 0 Å². The van der Waals surface area contributed by atoms with Crippen molar-refractivity contribution in [1.29, 1.82) is 0 Å². The van der Waals surface area contributed by atoms with Gasteiger partial charge in [-0.15, -0.1) is 0 Å². The second-order valence-electron chi connectivity index (χ2n) is 13.4. The number of rotatable bonds is 18. The molecule has 1 aliphatic heterocycles. The van der Waals surface area contributed by atoms with Crippen LogP contribution < -0.4 is 4.90 Å². The number of ether oxygens (including phenoxy) is 2. The number of nitrogens with zero attached hydrogens (tertiary/aromatic N) is 3. The van der Waals surface area contributed by atoms with E-state index < -0.39 is 52.5 Å². The van der Waals surface area contributed by atoms with Gasteiger partial charge in [0, 0.05) is 12.0 Å². The summed E-state index contributed by atoms with van der Waals surface area (Å²) in [5, 5.41) is 0. The van der Waals surface area contributed by atoms with Gasteiger partial charge in [-0.3, -0.25) is 19.3 Å². The largest absolute Gasteiger partial charge is 0.446 e. The third-order valence-corrected chi connectivity index (χ3v) is 8.92. The Balaban J connectivity index is 2.10. The van der Waals surface area contributed by atoms with Crippen molar-refractivity contribution in [2.24, 2.45) is 5.41 Å². The predicted octanol–water partition coefficient (Wildman–Crippen LogP) is 8.45. The Bertz CT molecular complexity index is 1420. The van der Waals surface area contributed by atoms with E-state index in [0.29, 0.717) is 28.2 Å². The molecule has 0 aliphatic carbocycles. The molecule has 5 amide bonds. The lowest BCUT2D eigenvalue weighted by Crippen LogP contribution is -2.66. The number of hydrogen-bond acceptors (Lipinski definition) is 7. The van der Waals surface area contributed by atoms with E-state index >= 15 is 0 Å². The van der Waals surface area contributed by atoms with Crippen molar-refractivity contribution >= 4 is 47.0 Å². The average molecular weight is 698 g/mol. The number of para-hydroxylation sites is 1. The fourth-order valence-electron chi connectivity index (χ4n) is 5.79. The van der Waals surface area contributed by atoms with Crippen molar-refractivity contribution in [3.63, 3.8) is 0 Å². The molecule has 1 saturated heterocycles. The standard InChI is InChI=1S/C38H52ClN3O7/c1-7-10-12-13-20-26-30(25-11-8-2)49-36(47)41(29-23-18-15-19-24-29)34(45)38(39,33(44)37(4,5)6)42-31(43)32(48-9-3)40(35(42)46)27-28-21-16-14-17-22-28/h14-19,21-24,30,32H,7-13,20,25-27H2,1-6H3. The summed E-state index contributed by atoms with van der Waals surface area (Å²) in [6.07, 6.45) is 5.02. The van der Waals surface area contributed by atoms with Crippen molar-refractivity contribution in [1.82, 2.24) is 9.80 Å². The van der Waals surface area contributed by atoms with E-state index in [2.05, 4.69) is 6.92 Å². The molecular weight excluding hydrogens is 646 g/mol. The molecule has 3 rings (SSSR count). The van der Waals surface area contributed by atoms with Crippen LogP contribution in [0.4, 0.5) is 15.3 Å². The molecule has 0 saturated carbocycles. The summed E-state index contributed by atoms with van der Waals surface area (Å²) in [5.41, 5.74) is -0.575. The predicted molar refractivity (Wildman–Crippen MR) is 190 cm³/mol. The first-order chi connectivity index (χ1) is 23.3. The highest BCUT2D eigenvalue weighted by Gasteiger charge is 2.65. The number of carbonyl (C=O) groups is 5. The van der Waals surface area contributed by atoms with Gasteiger partial charge < -0.3 is 9.47 Å². The number of hydrogen-bond donors (Lipinski definition) is 0. The zero-order chi connectivity index (χ0) is 36.2. The molecule has 0 spiro atoms. The Labute approximate surface area is 296 Å². The number of benzene rings is 2. The van der Waals surface area contributed by atoms with Gasteiger partial charge in [0.05, 0.1) is 12.2 Å². The van der Waals surface area contributed by atoms with Crippen LogP contribution in [0.15, 0.2) is 60.7 Å². The smallest absolute Gasteiger partial charge is 0.421 e. The van der Waals surface area contributed by atoms with Crippen molar-refractivity contribution < 1.29 is 33.4 Å². The Morgan fingerprint density at radius 3 is 1.98 bits per heavy atom. The van der Waals surface area contributed by atoms with Crippen LogP contribution in [0.5, 0.6) is 0 Å². The molecule has 1 fully saturated rings. The van der Waals surface area contributed by atoms with E-state index in [1.54, 1.807) is 49.4 Å². The van der Waals surface area contributed by atoms with E-state index in [9.17, 15) is 24.0 Å². The van der Waals surface area contributed by atoms with E-state index in [0.717, 1.165) is 49.8 Å². The molecule has 1 aliphatic rings. The van der Waals surface area contributed by atoms with Gasteiger partial charge in [-0.25, -0.2) is 19.4 Å². The summed E-state index contributed by atoms with van der Waals surface area (Å²) in [7, 11) is 0. The summed E-state index contributed by atoms with van der Waals surface area (Å²) in [6.45, 7) is 10.4. The zero-order valence-electron chi connectivity index (χ0n) is 29.8. The number of imide groups is 2. The van der Waals surface area contributed by atoms with Gasteiger partial charge in [-0.1, -0.05) is 133 Å². The number of unbranched alkanes of at least 4 members (excludes halogenated alkanes) is 5. The molecule has 3 atom stereocenters. The molecule has 0 N–H and O–H groups in total. The van der Waals surface area contributed by atoms with Crippen molar-refractivity contribution in [2.45, 2.75) is 123 Å². The van der Waals surface area contributed by atoms with E-state index in [-0.39, 0.29) is 18.8 Å². The SMILES string of the molecule is CCCCCCCC(CCCC)OC(=O)N(C(=O)C(Cl)(C(=O)C(C)(C)C)N1C(=O)C(OCC)N(Cc2ccccc2)C1=O)c1ccccc1. The minimum Gasteiger partial charge on any atom is -0.446 e. The summed E-state index contributed by atoms with van der Waals surface area (Å²) in [6, 6.07) is 15.9. The monoisotopic (exact) mass is 697 g/mol. The van der Waals surface area contributed by atoms with E-state index in [1.165, 1.54) is 32.9 Å². The van der Waals surface area contributed by atoms with Crippen LogP contribution in [0.25, 0.3) is 0 Å². The third-order valence-electron chi connectivity index (χ3n) is 8.42. The highest BCUT2D eigenvalue weighted by atomic mass is 35.5. The lowest BCUT2D eigenvalue weighted by molar-refractivity contribution is -0.152. The van der Waals surface area contributed by atoms with Crippen LogP contribution >= 0.6 is 11.6 Å². The minimum absolute atomic E-state index is 0.0549. The van der Waals surface area contributed by atoms with Crippen LogP contribution in [-0.4, -0.2) is 63.5 Å². The Kier molecular flexibility index (Phi) is 14.8. The number of carbonyl (C=O) groups excluding carboxylic acids is 5. The second kappa shape index (κ2) is 18.3. The normalized spacial score (nSPS) is 16.8. The molecule has 3 unspecified atom stereocenters. The van der Waals surface area contributed by atoms with E-state index in [4.69, 9.17) is 21.1 Å². The lowest BCUT2D eigenvalue weighted by Gasteiger charge is -2.38.